The summed E-state index contributed by atoms with van der Waals surface area (Å²) < 4.78 is 5.16. The maximum absolute atomic E-state index is 12.3. The average molecular weight is 362 g/mol. The SMILES string of the molecule is Cc1nc(NC(=O)CC[C@H]2NC(=O)N(Cc3ccco3)C2=O)sc1C. The molecule has 1 saturated heterocycles. The van der Waals surface area contributed by atoms with Gasteiger partial charge in [0.1, 0.15) is 11.8 Å². The number of amides is 4. The summed E-state index contributed by atoms with van der Waals surface area (Å²) in [7, 11) is 0. The van der Waals surface area contributed by atoms with E-state index in [1.165, 1.54) is 17.6 Å². The Balaban J connectivity index is 1.52. The molecule has 0 saturated carbocycles. The predicted molar refractivity (Wildman–Crippen MR) is 91.0 cm³/mol. The number of aryl methyl sites for hydroxylation is 2. The highest BCUT2D eigenvalue weighted by atomic mass is 32.1. The largest absolute Gasteiger partial charge is 0.467 e. The quantitative estimate of drug-likeness (QED) is 0.767. The van der Waals surface area contributed by atoms with Crippen molar-refractivity contribution in [3.8, 4) is 0 Å². The average Bonchev–Trinajstić information content (AvgIpc) is 3.24. The van der Waals surface area contributed by atoms with Crippen LogP contribution in [-0.4, -0.2) is 33.8 Å². The van der Waals surface area contributed by atoms with E-state index < -0.39 is 12.1 Å². The third-order valence-electron chi connectivity index (χ3n) is 3.94. The molecule has 0 unspecified atom stereocenters. The van der Waals surface area contributed by atoms with Crippen LogP contribution in [0.2, 0.25) is 0 Å². The zero-order chi connectivity index (χ0) is 18.0. The number of urea groups is 1. The maximum Gasteiger partial charge on any atom is 0.325 e. The Kier molecular flexibility index (Phi) is 4.84. The van der Waals surface area contributed by atoms with E-state index in [-0.39, 0.29) is 31.2 Å². The molecule has 9 heteroatoms. The van der Waals surface area contributed by atoms with Crippen molar-refractivity contribution in [3.63, 3.8) is 0 Å². The number of nitrogens with one attached hydrogen (secondary N) is 2. The first kappa shape index (κ1) is 17.2. The van der Waals surface area contributed by atoms with Gasteiger partial charge in [0.15, 0.2) is 5.13 Å². The fourth-order valence-electron chi connectivity index (χ4n) is 2.46. The van der Waals surface area contributed by atoms with E-state index in [1.807, 2.05) is 13.8 Å². The molecule has 1 atom stereocenters. The van der Waals surface area contributed by atoms with Gasteiger partial charge < -0.3 is 15.1 Å². The number of hydrogen-bond donors (Lipinski definition) is 2. The summed E-state index contributed by atoms with van der Waals surface area (Å²) in [6, 6.07) is 2.21. The molecule has 0 spiro atoms. The van der Waals surface area contributed by atoms with E-state index in [4.69, 9.17) is 4.42 Å². The van der Waals surface area contributed by atoms with E-state index in [0.717, 1.165) is 15.5 Å². The van der Waals surface area contributed by atoms with E-state index in [9.17, 15) is 14.4 Å². The van der Waals surface area contributed by atoms with Gasteiger partial charge >= 0.3 is 6.03 Å². The number of carbonyl (C=O) groups excluding carboxylic acids is 3. The van der Waals surface area contributed by atoms with Crippen molar-refractivity contribution in [2.45, 2.75) is 39.3 Å². The van der Waals surface area contributed by atoms with Crippen molar-refractivity contribution in [1.82, 2.24) is 15.2 Å². The van der Waals surface area contributed by atoms with Crippen LogP contribution in [0.25, 0.3) is 0 Å². The summed E-state index contributed by atoms with van der Waals surface area (Å²) in [6.45, 7) is 3.89. The third-order valence-corrected chi connectivity index (χ3v) is 4.92. The minimum Gasteiger partial charge on any atom is -0.467 e. The second-order valence-electron chi connectivity index (χ2n) is 5.75. The molecule has 3 rings (SSSR count). The molecule has 8 nitrogen and oxygen atoms in total. The summed E-state index contributed by atoms with van der Waals surface area (Å²) in [5.74, 6) is -0.0631. The Morgan fingerprint density at radius 2 is 2.24 bits per heavy atom. The molecular formula is C16H18N4O4S. The second kappa shape index (κ2) is 7.06. The van der Waals surface area contributed by atoms with Crippen LogP contribution in [0.4, 0.5) is 9.93 Å². The Bertz CT molecular complexity index is 780. The monoisotopic (exact) mass is 362 g/mol. The number of thiazole rings is 1. The van der Waals surface area contributed by atoms with Crippen LogP contribution in [-0.2, 0) is 16.1 Å². The lowest BCUT2D eigenvalue weighted by atomic mass is 10.1. The number of furan rings is 1. The molecule has 25 heavy (non-hydrogen) atoms. The van der Waals surface area contributed by atoms with Crippen molar-refractivity contribution in [2.24, 2.45) is 0 Å². The lowest BCUT2D eigenvalue weighted by Crippen LogP contribution is -2.31. The van der Waals surface area contributed by atoms with Gasteiger partial charge in [0.05, 0.1) is 18.5 Å². The van der Waals surface area contributed by atoms with Crippen LogP contribution in [0.3, 0.4) is 0 Å². The molecule has 0 radical (unpaired) electrons. The van der Waals surface area contributed by atoms with Crippen molar-refractivity contribution in [3.05, 3.63) is 34.7 Å². The van der Waals surface area contributed by atoms with Crippen molar-refractivity contribution < 1.29 is 18.8 Å². The maximum atomic E-state index is 12.3. The van der Waals surface area contributed by atoms with Crippen LogP contribution < -0.4 is 10.6 Å². The molecule has 132 valence electrons. The zero-order valence-electron chi connectivity index (χ0n) is 13.9. The molecule has 2 aromatic heterocycles. The molecule has 2 N–H and O–H groups in total. The Labute approximate surface area is 148 Å². The Hall–Kier alpha value is -2.68. The first-order valence-corrected chi connectivity index (χ1v) is 8.64. The van der Waals surface area contributed by atoms with Crippen LogP contribution in [0, 0.1) is 13.8 Å². The van der Waals surface area contributed by atoms with Gasteiger partial charge in [-0.25, -0.2) is 9.78 Å². The molecule has 0 bridgehead atoms. The van der Waals surface area contributed by atoms with E-state index in [0.29, 0.717) is 10.9 Å². The first-order chi connectivity index (χ1) is 11.9. The lowest BCUT2D eigenvalue weighted by Gasteiger charge is -2.11. The minimum atomic E-state index is -0.701. The highest BCUT2D eigenvalue weighted by Gasteiger charge is 2.38. The molecule has 2 aromatic rings. The number of carbonyl (C=O) groups is 3. The number of imide groups is 1. The summed E-state index contributed by atoms with van der Waals surface area (Å²) in [5, 5.41) is 5.86. The van der Waals surface area contributed by atoms with E-state index >= 15 is 0 Å². The summed E-state index contributed by atoms with van der Waals surface area (Å²) in [5.41, 5.74) is 0.882. The highest BCUT2D eigenvalue weighted by molar-refractivity contribution is 7.15. The number of aromatic nitrogens is 1. The van der Waals surface area contributed by atoms with E-state index in [1.54, 1.807) is 12.1 Å². The van der Waals surface area contributed by atoms with Crippen molar-refractivity contribution in [2.75, 3.05) is 5.32 Å². The highest BCUT2D eigenvalue weighted by Crippen LogP contribution is 2.21. The van der Waals surface area contributed by atoms with Gasteiger partial charge in [-0.1, -0.05) is 0 Å². The van der Waals surface area contributed by atoms with Gasteiger partial charge in [-0.05, 0) is 32.4 Å². The van der Waals surface area contributed by atoms with Gasteiger partial charge in [-0.15, -0.1) is 11.3 Å². The van der Waals surface area contributed by atoms with Crippen molar-refractivity contribution in [1.29, 1.82) is 0 Å². The Morgan fingerprint density at radius 1 is 1.44 bits per heavy atom. The molecule has 1 fully saturated rings. The molecule has 1 aliphatic heterocycles. The smallest absolute Gasteiger partial charge is 0.325 e. The molecular weight excluding hydrogens is 344 g/mol. The number of anilines is 1. The first-order valence-electron chi connectivity index (χ1n) is 7.82. The second-order valence-corrected chi connectivity index (χ2v) is 6.96. The van der Waals surface area contributed by atoms with Crippen LogP contribution in [0.1, 0.15) is 29.2 Å². The number of hydrogen-bond acceptors (Lipinski definition) is 6. The molecule has 0 aliphatic carbocycles. The summed E-state index contributed by atoms with van der Waals surface area (Å²) >= 11 is 1.41. The normalized spacial score (nSPS) is 17.0. The molecule has 0 aromatic carbocycles. The van der Waals surface area contributed by atoms with Gasteiger partial charge in [0.2, 0.25) is 5.91 Å². The predicted octanol–water partition coefficient (Wildman–Crippen LogP) is 2.19. The molecule has 4 amide bonds. The Morgan fingerprint density at radius 3 is 2.88 bits per heavy atom. The fraction of sp³-hybridized carbons (Fsp3) is 0.375. The number of nitrogens with zero attached hydrogens (tertiary/aromatic N) is 2. The number of rotatable bonds is 6. The zero-order valence-corrected chi connectivity index (χ0v) is 14.7. The third kappa shape index (κ3) is 3.87. The van der Waals surface area contributed by atoms with Gasteiger partial charge in [-0.3, -0.25) is 14.5 Å². The fourth-order valence-corrected chi connectivity index (χ4v) is 3.29. The lowest BCUT2D eigenvalue weighted by molar-refractivity contribution is -0.128. The summed E-state index contributed by atoms with van der Waals surface area (Å²) in [4.78, 5) is 42.7. The topological polar surface area (TPSA) is 105 Å². The van der Waals surface area contributed by atoms with Gasteiger partial charge in [0.25, 0.3) is 5.91 Å². The van der Waals surface area contributed by atoms with Crippen LogP contribution in [0.5, 0.6) is 0 Å². The van der Waals surface area contributed by atoms with Crippen LogP contribution in [0.15, 0.2) is 22.8 Å². The molecule has 3 heterocycles. The molecule has 1 aliphatic rings. The van der Waals surface area contributed by atoms with E-state index in [2.05, 4.69) is 15.6 Å². The standard InChI is InChI=1S/C16H18N4O4S/c1-9-10(2)25-15(17-9)19-13(21)6-5-12-14(22)20(16(23)18-12)8-11-4-3-7-24-11/h3-4,7,12H,5-6,8H2,1-2H3,(H,18,23)(H,17,19,21)/t12-/m1/s1. The van der Waals surface area contributed by atoms with Gasteiger partial charge in [-0.2, -0.15) is 0 Å². The van der Waals surface area contributed by atoms with Crippen LogP contribution >= 0.6 is 11.3 Å². The minimum absolute atomic E-state index is 0.0814. The summed E-state index contributed by atoms with van der Waals surface area (Å²) in [6.07, 6.45) is 1.83. The van der Waals surface area contributed by atoms with Gasteiger partial charge in [0, 0.05) is 11.3 Å². The van der Waals surface area contributed by atoms with Crippen molar-refractivity contribution >= 4 is 34.3 Å².